The van der Waals surface area contributed by atoms with Crippen molar-refractivity contribution in [2.45, 2.75) is 92.8 Å². The van der Waals surface area contributed by atoms with Crippen molar-refractivity contribution >= 4 is 6.09 Å². The minimum atomic E-state index is -0.227. The summed E-state index contributed by atoms with van der Waals surface area (Å²) in [6.07, 6.45) is 2.90. The van der Waals surface area contributed by atoms with E-state index in [-0.39, 0.29) is 35.6 Å². The Morgan fingerprint density at radius 3 is 2.00 bits per heavy atom. The van der Waals surface area contributed by atoms with Crippen LogP contribution in [-0.4, -0.2) is 23.1 Å². The predicted octanol–water partition coefficient (Wildman–Crippen LogP) is 6.84. The van der Waals surface area contributed by atoms with Gasteiger partial charge in [0.05, 0.1) is 0 Å². The molecule has 0 bridgehead atoms. The number of unbranched alkanes of at least 4 members (excludes halogenated alkanes) is 1. The number of amides is 1. The van der Waals surface area contributed by atoms with Crippen molar-refractivity contribution in [1.82, 2.24) is 4.90 Å². The van der Waals surface area contributed by atoms with Crippen LogP contribution in [0.3, 0.4) is 0 Å². The van der Waals surface area contributed by atoms with Gasteiger partial charge in [-0.1, -0.05) is 70.9 Å². The molecule has 0 saturated carbocycles. The third-order valence-corrected chi connectivity index (χ3v) is 5.03. The van der Waals surface area contributed by atoms with Crippen LogP contribution in [0.15, 0.2) is 30.3 Å². The molecule has 0 aliphatic carbocycles. The summed E-state index contributed by atoms with van der Waals surface area (Å²) in [7, 11) is 0. The Kier molecular flexibility index (Phi) is 8.66. The third-order valence-electron chi connectivity index (χ3n) is 5.03. The summed E-state index contributed by atoms with van der Waals surface area (Å²) in [5.41, 5.74) is 1.14. The topological polar surface area (TPSA) is 29.5 Å². The zero-order valence-corrected chi connectivity index (χ0v) is 18.1. The largest absolute Gasteiger partial charge is 0.441 e. The van der Waals surface area contributed by atoms with E-state index in [0.29, 0.717) is 0 Å². The molecule has 2 atom stereocenters. The summed E-state index contributed by atoms with van der Waals surface area (Å²) in [5.74, 6) is 0.273. The quantitative estimate of drug-likeness (QED) is 0.507. The van der Waals surface area contributed by atoms with Gasteiger partial charge in [0.25, 0.3) is 0 Å². The maximum Gasteiger partial charge on any atom is 0.410 e. The lowest BCUT2D eigenvalue weighted by Gasteiger charge is -2.39. The van der Waals surface area contributed by atoms with Gasteiger partial charge in [0, 0.05) is 18.0 Å². The Morgan fingerprint density at radius 2 is 1.58 bits per heavy atom. The summed E-state index contributed by atoms with van der Waals surface area (Å²) in [6.45, 7) is 17.1. The van der Waals surface area contributed by atoms with Gasteiger partial charge in [-0.25, -0.2) is 4.79 Å². The van der Waals surface area contributed by atoms with Gasteiger partial charge in [-0.2, -0.15) is 0 Å². The van der Waals surface area contributed by atoms with Gasteiger partial charge in [0.1, 0.15) is 6.10 Å². The molecule has 0 aliphatic heterocycles. The van der Waals surface area contributed by atoms with Gasteiger partial charge in [-0.3, -0.25) is 0 Å². The molecule has 0 unspecified atom stereocenters. The summed E-state index contributed by atoms with van der Waals surface area (Å²) >= 11 is 0. The fourth-order valence-electron chi connectivity index (χ4n) is 3.68. The predicted molar refractivity (Wildman–Crippen MR) is 110 cm³/mol. The number of rotatable bonds is 8. The van der Waals surface area contributed by atoms with E-state index in [1.165, 1.54) is 0 Å². The lowest BCUT2D eigenvalue weighted by molar-refractivity contribution is -0.0122. The van der Waals surface area contributed by atoms with Crippen molar-refractivity contribution in [3.05, 3.63) is 35.9 Å². The molecule has 1 rings (SSSR count). The number of hydrogen-bond donors (Lipinski definition) is 0. The van der Waals surface area contributed by atoms with E-state index in [0.717, 1.165) is 24.8 Å². The summed E-state index contributed by atoms with van der Waals surface area (Å²) in [5, 5.41) is 0. The molecule has 26 heavy (non-hydrogen) atoms. The maximum absolute atomic E-state index is 13.0. The molecule has 0 saturated heterocycles. The van der Waals surface area contributed by atoms with Crippen LogP contribution in [0.5, 0.6) is 0 Å². The highest BCUT2D eigenvalue weighted by Crippen LogP contribution is 2.42. The highest BCUT2D eigenvalue weighted by Gasteiger charge is 2.36. The molecule has 3 nitrogen and oxygen atoms in total. The van der Waals surface area contributed by atoms with Gasteiger partial charge >= 0.3 is 6.09 Å². The molecular formula is C23H39NO2. The van der Waals surface area contributed by atoms with Crippen molar-refractivity contribution in [3.63, 3.8) is 0 Å². The first-order chi connectivity index (χ1) is 12.1. The zero-order valence-electron chi connectivity index (χ0n) is 18.1. The molecule has 0 heterocycles. The van der Waals surface area contributed by atoms with E-state index >= 15 is 0 Å². The van der Waals surface area contributed by atoms with Crippen LogP contribution in [0.25, 0.3) is 0 Å². The monoisotopic (exact) mass is 361 g/mol. The number of hydrogen-bond acceptors (Lipinski definition) is 2. The van der Waals surface area contributed by atoms with Crippen molar-refractivity contribution in [2.24, 2.45) is 11.3 Å². The highest BCUT2D eigenvalue weighted by molar-refractivity contribution is 5.68. The van der Waals surface area contributed by atoms with E-state index in [1.807, 2.05) is 50.8 Å². The first-order valence-corrected chi connectivity index (χ1v) is 10.1. The molecule has 0 radical (unpaired) electrons. The lowest BCUT2D eigenvalue weighted by atomic mass is 9.73. The third kappa shape index (κ3) is 6.34. The average molecular weight is 362 g/mol. The first kappa shape index (κ1) is 22.5. The summed E-state index contributed by atoms with van der Waals surface area (Å²) < 4.78 is 6.19. The Hall–Kier alpha value is -1.51. The first-order valence-electron chi connectivity index (χ1n) is 10.1. The number of benzene rings is 1. The molecule has 0 N–H and O–H groups in total. The number of carbonyl (C=O) groups excluding carboxylic acids is 1. The van der Waals surface area contributed by atoms with Gasteiger partial charge in [-0.15, -0.1) is 0 Å². The summed E-state index contributed by atoms with van der Waals surface area (Å²) in [6, 6.07) is 10.5. The fourth-order valence-corrected chi connectivity index (χ4v) is 3.68. The van der Waals surface area contributed by atoms with Crippen molar-refractivity contribution < 1.29 is 9.53 Å². The molecule has 148 valence electrons. The Labute approximate surface area is 161 Å². The van der Waals surface area contributed by atoms with Crippen LogP contribution in [0.4, 0.5) is 4.79 Å². The van der Waals surface area contributed by atoms with Crippen molar-refractivity contribution in [1.29, 1.82) is 0 Å². The lowest BCUT2D eigenvalue weighted by Crippen LogP contribution is -2.44. The average Bonchev–Trinajstić information content (AvgIpc) is 2.53. The molecule has 3 heteroatoms. The van der Waals surface area contributed by atoms with Gasteiger partial charge in [0.2, 0.25) is 0 Å². The van der Waals surface area contributed by atoms with Crippen LogP contribution in [0.2, 0.25) is 0 Å². The standard InChI is InChI=1S/C23H39NO2/c1-9-10-16-20(23(6,7)8)21(19-14-12-11-13-15-19)26-22(25)24(17(2)3)18(4)5/h11-15,17-18,20-21H,9-10,16H2,1-8H3/t20-,21-/m1/s1. The maximum atomic E-state index is 13.0. The van der Waals surface area contributed by atoms with Crippen molar-refractivity contribution in [3.8, 4) is 0 Å². The second-order valence-corrected chi connectivity index (χ2v) is 8.92. The van der Waals surface area contributed by atoms with Crippen LogP contribution in [-0.2, 0) is 4.74 Å². The second kappa shape index (κ2) is 9.99. The molecule has 1 aromatic carbocycles. The van der Waals surface area contributed by atoms with Crippen LogP contribution in [0.1, 0.15) is 86.3 Å². The van der Waals surface area contributed by atoms with E-state index in [4.69, 9.17) is 4.74 Å². The SMILES string of the molecule is CCCC[C@H]([C@H](OC(=O)N(C(C)C)C(C)C)c1ccccc1)C(C)(C)C. The smallest absolute Gasteiger partial charge is 0.410 e. The number of carbonyl (C=O) groups is 1. The Balaban J connectivity index is 3.22. The van der Waals surface area contributed by atoms with E-state index in [1.54, 1.807) is 0 Å². The molecule has 0 aliphatic rings. The molecular weight excluding hydrogens is 322 g/mol. The zero-order chi connectivity index (χ0) is 19.9. The fraction of sp³-hybridized carbons (Fsp3) is 0.696. The number of ether oxygens (including phenoxy) is 1. The van der Waals surface area contributed by atoms with Crippen LogP contribution >= 0.6 is 0 Å². The van der Waals surface area contributed by atoms with Crippen molar-refractivity contribution in [2.75, 3.05) is 0 Å². The minimum absolute atomic E-state index is 0.0520. The number of nitrogens with zero attached hydrogens (tertiary/aromatic N) is 1. The highest BCUT2D eigenvalue weighted by atomic mass is 16.6. The van der Waals surface area contributed by atoms with Gasteiger partial charge in [-0.05, 0) is 45.1 Å². The second-order valence-electron chi connectivity index (χ2n) is 8.92. The molecule has 0 fully saturated rings. The normalized spacial score (nSPS) is 14.4. The van der Waals surface area contributed by atoms with Gasteiger partial charge < -0.3 is 9.64 Å². The Bertz CT molecular complexity index is 523. The molecule has 1 aromatic rings. The van der Waals surface area contributed by atoms with Crippen LogP contribution in [0, 0.1) is 11.3 Å². The minimum Gasteiger partial charge on any atom is -0.441 e. The van der Waals surface area contributed by atoms with Crippen LogP contribution < -0.4 is 0 Å². The molecule has 0 aromatic heterocycles. The van der Waals surface area contributed by atoms with Gasteiger partial charge in [0.15, 0.2) is 0 Å². The molecule has 1 amide bonds. The van der Waals surface area contributed by atoms with E-state index < -0.39 is 0 Å². The molecule has 0 spiro atoms. The van der Waals surface area contributed by atoms with E-state index in [9.17, 15) is 4.79 Å². The Morgan fingerprint density at radius 1 is 1.04 bits per heavy atom. The van der Waals surface area contributed by atoms with E-state index in [2.05, 4.69) is 39.8 Å². The summed E-state index contributed by atoms with van der Waals surface area (Å²) in [4.78, 5) is 14.8.